The molecule has 0 aliphatic heterocycles. The molecule has 3 aromatic heterocycles. The number of hydrogen-bond acceptors (Lipinski definition) is 14. The van der Waals surface area contributed by atoms with Crippen molar-refractivity contribution >= 4 is 55.3 Å². The molecule has 6 rings (SSSR count). The Kier molecular flexibility index (Phi) is 20.8. The molecule has 0 spiro atoms. The first kappa shape index (κ1) is 48.3. The molecule has 3 aliphatic rings. The van der Waals surface area contributed by atoms with Crippen LogP contribution in [0, 0.1) is 0 Å². The lowest BCUT2D eigenvalue weighted by atomic mass is 9.89. The molecule has 0 saturated heterocycles. The standard InChI is InChI=1S/C15H23NO4.C15H21NO4.C13H17Br2NO3/c2*1-3-18-10-12-13(15(17)19-4-2)20-14(16-12)11-8-6-5-7-9-11;1-2-18-11(17)10-9(8-14)16-12(19-10)13(15)6-4-3-5-7-13/h11H,3-10H2,1-2H3;8H,3-7,9-10H2,1-2H3;2-8H2,1H3. The molecule has 2 saturated carbocycles. The lowest BCUT2D eigenvalue weighted by Crippen LogP contribution is -2.21. The van der Waals surface area contributed by atoms with Crippen molar-refractivity contribution in [2.24, 2.45) is 0 Å². The topological polar surface area (TPSA) is 175 Å². The number of halogens is 2. The molecule has 16 heteroatoms. The van der Waals surface area contributed by atoms with Crippen LogP contribution in [0.3, 0.4) is 0 Å². The number of ether oxygens (including phenoxy) is 5. The highest BCUT2D eigenvalue weighted by Crippen LogP contribution is 2.45. The number of alkyl halides is 2. The van der Waals surface area contributed by atoms with Gasteiger partial charge in [0.15, 0.2) is 5.89 Å². The summed E-state index contributed by atoms with van der Waals surface area (Å²) in [4.78, 5) is 49.0. The molecular formula is C43H61Br2N3O11. The molecule has 0 bridgehead atoms. The molecule has 3 heterocycles. The fraction of sp³-hybridized carbons (Fsp3) is 0.674. The molecule has 0 atom stereocenters. The van der Waals surface area contributed by atoms with E-state index in [1.807, 2.05) is 13.8 Å². The summed E-state index contributed by atoms with van der Waals surface area (Å²) >= 11 is 7.08. The maximum Gasteiger partial charge on any atom is 0.376 e. The summed E-state index contributed by atoms with van der Waals surface area (Å²) in [6, 6.07) is 0. The Morgan fingerprint density at radius 3 is 1.73 bits per heavy atom. The number of esters is 3. The van der Waals surface area contributed by atoms with Crippen LogP contribution in [-0.2, 0) is 46.6 Å². The third-order valence-corrected chi connectivity index (χ3v) is 11.7. The van der Waals surface area contributed by atoms with Gasteiger partial charge in [-0.25, -0.2) is 29.3 Å². The van der Waals surface area contributed by atoms with Crippen molar-refractivity contribution in [1.82, 2.24) is 15.0 Å². The Balaban J connectivity index is 0.000000196. The fourth-order valence-corrected chi connectivity index (χ4v) is 8.15. The maximum atomic E-state index is 11.9. The highest BCUT2D eigenvalue weighted by atomic mass is 79.9. The van der Waals surface area contributed by atoms with Crippen LogP contribution in [0.4, 0.5) is 0 Å². The van der Waals surface area contributed by atoms with Gasteiger partial charge in [0, 0.05) is 30.0 Å². The second-order valence-corrected chi connectivity index (χ2v) is 16.4. The van der Waals surface area contributed by atoms with Crippen LogP contribution in [0.1, 0.15) is 197 Å². The van der Waals surface area contributed by atoms with Crippen molar-refractivity contribution in [2.45, 2.75) is 153 Å². The van der Waals surface area contributed by atoms with Crippen LogP contribution >= 0.6 is 31.9 Å². The van der Waals surface area contributed by atoms with Crippen LogP contribution in [0.25, 0.3) is 5.57 Å². The maximum absolute atomic E-state index is 11.9. The van der Waals surface area contributed by atoms with Gasteiger partial charge in [-0.05, 0) is 86.0 Å². The number of hydrogen-bond donors (Lipinski definition) is 0. The molecule has 0 aromatic carbocycles. The number of carbonyl (C=O) groups is 3. The van der Waals surface area contributed by atoms with Gasteiger partial charge in [0.2, 0.25) is 29.1 Å². The second-order valence-electron chi connectivity index (χ2n) is 14.3. The summed E-state index contributed by atoms with van der Waals surface area (Å²) in [5.74, 6) is 1.36. The first-order valence-corrected chi connectivity index (χ1v) is 23.1. The minimum Gasteiger partial charge on any atom is -0.460 e. The van der Waals surface area contributed by atoms with E-state index in [1.165, 1.54) is 32.1 Å². The predicted molar refractivity (Wildman–Crippen MR) is 227 cm³/mol. The van der Waals surface area contributed by atoms with Crippen molar-refractivity contribution in [2.75, 3.05) is 33.0 Å². The third kappa shape index (κ3) is 14.1. The zero-order valence-electron chi connectivity index (χ0n) is 35.3. The van der Waals surface area contributed by atoms with E-state index >= 15 is 0 Å². The summed E-state index contributed by atoms with van der Waals surface area (Å²) in [6.07, 6.45) is 17.8. The van der Waals surface area contributed by atoms with Gasteiger partial charge in [0.1, 0.15) is 21.4 Å². The van der Waals surface area contributed by atoms with Crippen LogP contribution in [-0.4, -0.2) is 65.9 Å². The molecule has 328 valence electrons. The van der Waals surface area contributed by atoms with E-state index in [0.29, 0.717) is 85.6 Å². The number of oxazole rings is 3. The summed E-state index contributed by atoms with van der Waals surface area (Å²) in [5.41, 5.74) is 2.76. The number of rotatable bonds is 16. The molecule has 0 radical (unpaired) electrons. The lowest BCUT2D eigenvalue weighted by molar-refractivity contribution is 0.0470. The number of carbonyl (C=O) groups excluding carboxylic acids is 3. The van der Waals surface area contributed by atoms with Crippen molar-refractivity contribution < 1.29 is 51.3 Å². The Morgan fingerprint density at radius 2 is 1.20 bits per heavy atom. The van der Waals surface area contributed by atoms with E-state index in [4.69, 9.17) is 36.9 Å². The highest BCUT2D eigenvalue weighted by Gasteiger charge is 2.38. The Hall–Kier alpha value is -3.34. The van der Waals surface area contributed by atoms with Gasteiger partial charge in [-0.3, -0.25) is 0 Å². The van der Waals surface area contributed by atoms with Crippen LogP contribution in [0.15, 0.2) is 19.3 Å². The summed E-state index contributed by atoms with van der Waals surface area (Å²) in [7, 11) is 0. The third-order valence-electron chi connectivity index (χ3n) is 10.1. The molecular weight excluding hydrogens is 894 g/mol. The smallest absolute Gasteiger partial charge is 0.376 e. The molecule has 0 amide bonds. The Labute approximate surface area is 364 Å². The minimum atomic E-state index is -0.475. The summed E-state index contributed by atoms with van der Waals surface area (Å²) < 4.78 is 42.5. The first-order chi connectivity index (χ1) is 28.6. The van der Waals surface area contributed by atoms with Gasteiger partial charge in [0.05, 0.1) is 33.0 Å². The number of allylic oxidation sites excluding steroid dienone is 2. The van der Waals surface area contributed by atoms with Crippen molar-refractivity contribution in [3.8, 4) is 0 Å². The summed E-state index contributed by atoms with van der Waals surface area (Å²) in [6.45, 7) is 11.8. The van der Waals surface area contributed by atoms with Gasteiger partial charge in [-0.15, -0.1) is 0 Å². The monoisotopic (exact) mass is 953 g/mol. The van der Waals surface area contributed by atoms with Crippen LogP contribution in [0.5, 0.6) is 0 Å². The number of nitrogens with zero attached hydrogens (tertiary/aromatic N) is 3. The molecule has 2 fully saturated rings. The Bertz CT molecular complexity index is 1790. The highest BCUT2D eigenvalue weighted by molar-refractivity contribution is 9.09. The molecule has 3 aliphatic carbocycles. The largest absolute Gasteiger partial charge is 0.460 e. The van der Waals surface area contributed by atoms with Gasteiger partial charge in [-0.1, -0.05) is 76.5 Å². The zero-order chi connectivity index (χ0) is 42.6. The normalized spacial score (nSPS) is 16.5. The van der Waals surface area contributed by atoms with Gasteiger partial charge < -0.3 is 36.9 Å². The Morgan fingerprint density at radius 1 is 0.661 bits per heavy atom. The summed E-state index contributed by atoms with van der Waals surface area (Å²) in [5, 5.41) is 0.480. The van der Waals surface area contributed by atoms with E-state index < -0.39 is 17.9 Å². The zero-order valence-corrected chi connectivity index (χ0v) is 38.5. The minimum absolute atomic E-state index is 0.168. The van der Waals surface area contributed by atoms with E-state index in [2.05, 4.69) is 52.9 Å². The predicted octanol–water partition coefficient (Wildman–Crippen LogP) is 11.1. The fourth-order valence-electron chi connectivity index (χ4n) is 7.04. The molecule has 0 N–H and O–H groups in total. The van der Waals surface area contributed by atoms with E-state index in [9.17, 15) is 14.4 Å². The molecule has 59 heavy (non-hydrogen) atoms. The first-order valence-electron chi connectivity index (χ1n) is 21.2. The van der Waals surface area contributed by atoms with Gasteiger partial charge in [-0.2, -0.15) is 0 Å². The van der Waals surface area contributed by atoms with Crippen molar-refractivity contribution in [1.29, 1.82) is 0 Å². The van der Waals surface area contributed by atoms with Gasteiger partial charge in [0.25, 0.3) is 0 Å². The van der Waals surface area contributed by atoms with E-state index in [-0.39, 0.29) is 28.2 Å². The quantitative estimate of drug-likeness (QED) is 0.0753. The van der Waals surface area contributed by atoms with Crippen molar-refractivity contribution in [3.63, 3.8) is 0 Å². The van der Waals surface area contributed by atoms with Gasteiger partial charge >= 0.3 is 17.9 Å². The molecule has 0 unspecified atom stereocenters. The lowest BCUT2D eigenvalue weighted by Gasteiger charge is -2.28. The average Bonchev–Trinajstić information content (AvgIpc) is 4.02. The van der Waals surface area contributed by atoms with Crippen LogP contribution < -0.4 is 0 Å². The average molecular weight is 956 g/mol. The van der Waals surface area contributed by atoms with Crippen molar-refractivity contribution in [3.05, 3.63) is 58.1 Å². The molecule has 14 nitrogen and oxygen atoms in total. The molecule has 3 aromatic rings. The SMILES string of the molecule is CCOC(=O)c1oc(C2(Br)CCCCC2)nc1CBr.CCOCc1nc(C2=CCCCC2)oc1C(=O)OCC.CCOCc1nc(C2CCCCC2)oc1C(=O)OCC. The van der Waals surface area contributed by atoms with E-state index in [1.54, 1.807) is 20.8 Å². The van der Waals surface area contributed by atoms with Crippen LogP contribution in [0.2, 0.25) is 0 Å². The van der Waals surface area contributed by atoms with E-state index in [0.717, 1.165) is 63.4 Å². The number of aromatic nitrogens is 3. The second kappa shape index (κ2) is 25.4.